The van der Waals surface area contributed by atoms with E-state index in [-0.39, 0.29) is 0 Å². The fourth-order valence-corrected chi connectivity index (χ4v) is 3.19. The van der Waals surface area contributed by atoms with E-state index in [0.717, 1.165) is 35.3 Å². The quantitative estimate of drug-likeness (QED) is 0.899. The number of nitrogens with zero attached hydrogens (tertiary/aromatic N) is 1. The zero-order valence-electron chi connectivity index (χ0n) is 10.9. The standard InChI is InChI=1S/C15H17ClN2S/c1-10-15(11-2-4-12(16)5-3-11)18-14(19-10)8-9-17-13-6-7-13/h2-5,13,17H,6-9H2,1H3. The number of hydrogen-bond acceptors (Lipinski definition) is 3. The molecule has 2 aromatic rings. The first-order chi connectivity index (χ1) is 9.22. The van der Waals surface area contributed by atoms with Crippen LogP contribution in [0.3, 0.4) is 0 Å². The van der Waals surface area contributed by atoms with E-state index in [1.54, 1.807) is 11.3 Å². The summed E-state index contributed by atoms with van der Waals surface area (Å²) >= 11 is 7.72. The van der Waals surface area contributed by atoms with Crippen LogP contribution in [0.1, 0.15) is 22.7 Å². The Bertz CT molecular complexity index is 558. The lowest BCUT2D eigenvalue weighted by atomic mass is 10.1. The van der Waals surface area contributed by atoms with Gasteiger partial charge < -0.3 is 5.32 Å². The first-order valence-electron chi connectivity index (χ1n) is 6.68. The van der Waals surface area contributed by atoms with Gasteiger partial charge in [-0.05, 0) is 31.9 Å². The second-order valence-corrected chi connectivity index (χ2v) is 6.72. The topological polar surface area (TPSA) is 24.9 Å². The van der Waals surface area contributed by atoms with Crippen LogP contribution in [0, 0.1) is 6.92 Å². The molecule has 1 N–H and O–H groups in total. The first kappa shape index (κ1) is 13.1. The monoisotopic (exact) mass is 292 g/mol. The summed E-state index contributed by atoms with van der Waals surface area (Å²) in [6.07, 6.45) is 3.70. The Labute approximate surface area is 122 Å². The van der Waals surface area contributed by atoms with Crippen LogP contribution < -0.4 is 5.32 Å². The third kappa shape index (κ3) is 3.35. The third-order valence-electron chi connectivity index (χ3n) is 3.31. The van der Waals surface area contributed by atoms with Crippen molar-refractivity contribution in [3.8, 4) is 11.3 Å². The maximum atomic E-state index is 5.92. The van der Waals surface area contributed by atoms with Crippen molar-refractivity contribution in [2.24, 2.45) is 0 Å². The Hall–Kier alpha value is -0.900. The van der Waals surface area contributed by atoms with Gasteiger partial charge in [0, 0.05) is 34.5 Å². The van der Waals surface area contributed by atoms with Gasteiger partial charge in [0.05, 0.1) is 10.7 Å². The van der Waals surface area contributed by atoms with E-state index in [1.165, 1.54) is 22.7 Å². The number of nitrogens with one attached hydrogen (secondary N) is 1. The minimum absolute atomic E-state index is 0.769. The molecule has 0 spiro atoms. The van der Waals surface area contributed by atoms with Gasteiger partial charge in [-0.3, -0.25) is 0 Å². The summed E-state index contributed by atoms with van der Waals surface area (Å²) in [5.41, 5.74) is 2.25. The van der Waals surface area contributed by atoms with Crippen LogP contribution >= 0.6 is 22.9 Å². The summed E-state index contributed by atoms with van der Waals surface area (Å²) in [5.74, 6) is 0. The minimum Gasteiger partial charge on any atom is -0.314 e. The lowest BCUT2D eigenvalue weighted by molar-refractivity contribution is 0.680. The van der Waals surface area contributed by atoms with Crippen LogP contribution in [-0.4, -0.2) is 17.6 Å². The van der Waals surface area contributed by atoms with E-state index in [0.29, 0.717) is 0 Å². The number of aromatic nitrogens is 1. The molecule has 1 fully saturated rings. The summed E-state index contributed by atoms with van der Waals surface area (Å²) < 4.78 is 0. The number of halogens is 1. The Morgan fingerprint density at radius 3 is 2.74 bits per heavy atom. The molecule has 0 bridgehead atoms. The summed E-state index contributed by atoms with van der Waals surface area (Å²) in [4.78, 5) is 6.04. The van der Waals surface area contributed by atoms with Crippen LogP contribution in [0.2, 0.25) is 5.02 Å². The van der Waals surface area contributed by atoms with Crippen LogP contribution in [0.5, 0.6) is 0 Å². The maximum Gasteiger partial charge on any atom is 0.0948 e. The number of thiazole rings is 1. The molecule has 19 heavy (non-hydrogen) atoms. The van der Waals surface area contributed by atoms with E-state index >= 15 is 0 Å². The number of rotatable bonds is 5. The molecule has 4 heteroatoms. The van der Waals surface area contributed by atoms with Crippen molar-refractivity contribution < 1.29 is 0 Å². The Balaban J connectivity index is 1.70. The predicted octanol–water partition coefficient (Wildman–Crippen LogP) is 4.07. The van der Waals surface area contributed by atoms with E-state index in [2.05, 4.69) is 12.2 Å². The highest BCUT2D eigenvalue weighted by Gasteiger charge is 2.20. The molecule has 1 saturated carbocycles. The fraction of sp³-hybridized carbons (Fsp3) is 0.400. The largest absolute Gasteiger partial charge is 0.314 e. The molecular formula is C15H17ClN2S. The molecule has 0 atom stereocenters. The smallest absolute Gasteiger partial charge is 0.0948 e. The lowest BCUT2D eigenvalue weighted by Crippen LogP contribution is -2.19. The molecule has 0 amide bonds. The summed E-state index contributed by atoms with van der Waals surface area (Å²) in [6.45, 7) is 3.18. The van der Waals surface area contributed by atoms with Crippen LogP contribution in [0.25, 0.3) is 11.3 Å². The van der Waals surface area contributed by atoms with Gasteiger partial charge >= 0.3 is 0 Å². The number of benzene rings is 1. The maximum absolute atomic E-state index is 5.92. The van der Waals surface area contributed by atoms with Crippen molar-refractivity contribution in [1.82, 2.24) is 10.3 Å². The molecule has 1 aromatic carbocycles. The van der Waals surface area contributed by atoms with Crippen molar-refractivity contribution in [2.45, 2.75) is 32.2 Å². The highest BCUT2D eigenvalue weighted by Crippen LogP contribution is 2.28. The van der Waals surface area contributed by atoms with E-state index < -0.39 is 0 Å². The molecule has 1 aliphatic rings. The van der Waals surface area contributed by atoms with Gasteiger partial charge in [0.2, 0.25) is 0 Å². The minimum atomic E-state index is 0.769. The van der Waals surface area contributed by atoms with Gasteiger partial charge in [-0.25, -0.2) is 4.98 Å². The van der Waals surface area contributed by atoms with E-state index in [1.807, 2.05) is 24.3 Å². The Kier molecular flexibility index (Phi) is 3.87. The van der Waals surface area contributed by atoms with Crippen molar-refractivity contribution in [3.63, 3.8) is 0 Å². The van der Waals surface area contributed by atoms with Crippen molar-refractivity contribution in [1.29, 1.82) is 0 Å². The molecule has 100 valence electrons. The average molecular weight is 293 g/mol. The number of hydrogen-bond donors (Lipinski definition) is 1. The van der Waals surface area contributed by atoms with Crippen molar-refractivity contribution in [2.75, 3.05) is 6.54 Å². The first-order valence-corrected chi connectivity index (χ1v) is 7.87. The molecule has 1 aliphatic carbocycles. The van der Waals surface area contributed by atoms with Gasteiger partial charge in [-0.15, -0.1) is 11.3 Å². The van der Waals surface area contributed by atoms with E-state index in [4.69, 9.17) is 16.6 Å². The SMILES string of the molecule is Cc1sc(CCNC2CC2)nc1-c1ccc(Cl)cc1. The third-order valence-corrected chi connectivity index (χ3v) is 4.59. The summed E-state index contributed by atoms with van der Waals surface area (Å²) in [5, 5.41) is 5.52. The van der Waals surface area contributed by atoms with Gasteiger partial charge in [0.15, 0.2) is 0 Å². The Morgan fingerprint density at radius 2 is 2.05 bits per heavy atom. The van der Waals surface area contributed by atoms with Crippen LogP contribution in [-0.2, 0) is 6.42 Å². The van der Waals surface area contributed by atoms with Gasteiger partial charge in [0.1, 0.15) is 0 Å². The predicted molar refractivity (Wildman–Crippen MR) is 82.0 cm³/mol. The molecule has 3 rings (SSSR count). The molecule has 1 aromatic heterocycles. The normalized spacial score (nSPS) is 14.8. The van der Waals surface area contributed by atoms with Gasteiger partial charge in [0.25, 0.3) is 0 Å². The van der Waals surface area contributed by atoms with Crippen LogP contribution in [0.4, 0.5) is 0 Å². The van der Waals surface area contributed by atoms with Gasteiger partial charge in [-0.1, -0.05) is 23.7 Å². The van der Waals surface area contributed by atoms with E-state index in [9.17, 15) is 0 Å². The lowest BCUT2D eigenvalue weighted by Gasteiger charge is -1.99. The highest BCUT2D eigenvalue weighted by molar-refractivity contribution is 7.12. The molecule has 0 aliphatic heterocycles. The summed E-state index contributed by atoms with van der Waals surface area (Å²) in [6, 6.07) is 8.69. The Morgan fingerprint density at radius 1 is 1.32 bits per heavy atom. The highest BCUT2D eigenvalue weighted by atomic mass is 35.5. The second-order valence-electron chi connectivity index (χ2n) is 5.00. The van der Waals surface area contributed by atoms with Gasteiger partial charge in [-0.2, -0.15) is 0 Å². The summed E-state index contributed by atoms with van der Waals surface area (Å²) in [7, 11) is 0. The van der Waals surface area contributed by atoms with Crippen molar-refractivity contribution in [3.05, 3.63) is 39.2 Å². The fourth-order valence-electron chi connectivity index (χ4n) is 2.10. The molecule has 1 heterocycles. The molecule has 0 saturated heterocycles. The van der Waals surface area contributed by atoms with Crippen LogP contribution in [0.15, 0.2) is 24.3 Å². The molecular weight excluding hydrogens is 276 g/mol. The molecule has 0 radical (unpaired) electrons. The molecule has 0 unspecified atom stereocenters. The second kappa shape index (κ2) is 5.61. The zero-order chi connectivity index (χ0) is 13.2. The average Bonchev–Trinajstić information content (AvgIpc) is 3.14. The molecule has 2 nitrogen and oxygen atoms in total. The zero-order valence-corrected chi connectivity index (χ0v) is 12.5. The van der Waals surface area contributed by atoms with Crippen molar-refractivity contribution >= 4 is 22.9 Å². The number of aryl methyl sites for hydroxylation is 1.